The molecular formula is C11H15NO4S. The van der Waals surface area contributed by atoms with Crippen LogP contribution in [0.3, 0.4) is 0 Å². The van der Waals surface area contributed by atoms with Gasteiger partial charge in [-0.2, -0.15) is 0 Å². The maximum absolute atomic E-state index is 9.89. The smallest absolute Gasteiger partial charge is 0.112 e. The molecule has 4 atom stereocenters. The molecule has 0 amide bonds. The van der Waals surface area contributed by atoms with E-state index in [1.54, 1.807) is 0 Å². The van der Waals surface area contributed by atoms with Crippen molar-refractivity contribution in [2.24, 2.45) is 0 Å². The lowest BCUT2D eigenvalue weighted by Gasteiger charge is -2.25. The van der Waals surface area contributed by atoms with Crippen molar-refractivity contribution in [3.05, 3.63) is 24.3 Å². The van der Waals surface area contributed by atoms with E-state index >= 15 is 0 Å². The predicted octanol–water partition coefficient (Wildman–Crippen LogP) is -0.395. The van der Waals surface area contributed by atoms with Crippen molar-refractivity contribution in [1.29, 1.82) is 0 Å². The SMILES string of the molecule is OC[C@H](O)[C@H](O)[C@H](O)[C@H]1Nc2ccccc2S1. The van der Waals surface area contributed by atoms with E-state index in [2.05, 4.69) is 5.32 Å². The topological polar surface area (TPSA) is 93.0 Å². The molecule has 1 aliphatic heterocycles. The maximum atomic E-state index is 9.89. The van der Waals surface area contributed by atoms with E-state index in [0.29, 0.717) is 0 Å². The highest BCUT2D eigenvalue weighted by atomic mass is 32.2. The van der Waals surface area contributed by atoms with Crippen LogP contribution in [0.4, 0.5) is 5.69 Å². The summed E-state index contributed by atoms with van der Waals surface area (Å²) >= 11 is 1.39. The summed E-state index contributed by atoms with van der Waals surface area (Å²) in [5.41, 5.74) is 0.896. The number of rotatable bonds is 4. The first-order chi connectivity index (χ1) is 8.13. The highest BCUT2D eigenvalue weighted by Gasteiger charge is 2.35. The van der Waals surface area contributed by atoms with Crippen LogP contribution in [0.15, 0.2) is 29.2 Å². The fraction of sp³-hybridized carbons (Fsp3) is 0.455. The van der Waals surface area contributed by atoms with Gasteiger partial charge in [0.1, 0.15) is 23.7 Å². The average Bonchev–Trinajstić information content (AvgIpc) is 2.79. The first-order valence-corrected chi connectivity index (χ1v) is 6.18. The van der Waals surface area contributed by atoms with Crippen LogP contribution in [0.1, 0.15) is 0 Å². The normalized spacial score (nSPS) is 23.6. The van der Waals surface area contributed by atoms with Crippen LogP contribution in [-0.2, 0) is 0 Å². The first kappa shape index (κ1) is 12.7. The molecule has 0 bridgehead atoms. The van der Waals surface area contributed by atoms with Gasteiger partial charge in [-0.3, -0.25) is 0 Å². The number of hydrogen-bond acceptors (Lipinski definition) is 6. The summed E-state index contributed by atoms with van der Waals surface area (Å²) in [5, 5.41) is 40.1. The lowest BCUT2D eigenvalue weighted by atomic mass is 10.1. The van der Waals surface area contributed by atoms with Gasteiger partial charge in [0.15, 0.2) is 0 Å². The maximum Gasteiger partial charge on any atom is 0.112 e. The second-order valence-electron chi connectivity index (χ2n) is 3.91. The molecule has 0 aliphatic carbocycles. The molecule has 5 nitrogen and oxygen atoms in total. The molecule has 0 saturated heterocycles. The van der Waals surface area contributed by atoms with E-state index in [9.17, 15) is 15.3 Å². The van der Waals surface area contributed by atoms with Crippen molar-refractivity contribution in [3.63, 3.8) is 0 Å². The second kappa shape index (κ2) is 5.24. The second-order valence-corrected chi connectivity index (χ2v) is 5.09. The molecular weight excluding hydrogens is 242 g/mol. The summed E-state index contributed by atoms with van der Waals surface area (Å²) in [5.74, 6) is 0. The number of aliphatic hydroxyl groups is 4. The largest absolute Gasteiger partial charge is 0.394 e. The first-order valence-electron chi connectivity index (χ1n) is 5.30. The minimum absolute atomic E-state index is 0.427. The van der Waals surface area contributed by atoms with Gasteiger partial charge >= 0.3 is 0 Å². The molecule has 0 spiro atoms. The molecule has 2 rings (SSSR count). The van der Waals surface area contributed by atoms with E-state index in [1.807, 2.05) is 24.3 Å². The fourth-order valence-corrected chi connectivity index (χ4v) is 2.85. The predicted molar refractivity (Wildman–Crippen MR) is 64.8 cm³/mol. The Morgan fingerprint density at radius 2 is 1.94 bits per heavy atom. The monoisotopic (exact) mass is 257 g/mol. The minimum atomic E-state index is -1.38. The highest BCUT2D eigenvalue weighted by Crippen LogP contribution is 2.39. The van der Waals surface area contributed by atoms with Crippen LogP contribution in [0.2, 0.25) is 0 Å². The summed E-state index contributed by atoms with van der Waals surface area (Å²) in [6.45, 7) is -0.581. The number of anilines is 1. The number of fused-ring (bicyclic) bond motifs is 1. The Kier molecular flexibility index (Phi) is 3.90. The molecule has 0 radical (unpaired) electrons. The molecule has 17 heavy (non-hydrogen) atoms. The van der Waals surface area contributed by atoms with Crippen molar-refractivity contribution in [3.8, 4) is 0 Å². The number of nitrogens with one attached hydrogen (secondary N) is 1. The lowest BCUT2D eigenvalue weighted by Crippen LogP contribution is -2.46. The Labute approximate surface area is 103 Å². The summed E-state index contributed by atoms with van der Waals surface area (Å²) in [6, 6.07) is 7.56. The van der Waals surface area contributed by atoms with Gasteiger partial charge in [0.05, 0.1) is 6.61 Å². The van der Waals surface area contributed by atoms with E-state index < -0.39 is 30.3 Å². The Morgan fingerprint density at radius 3 is 2.59 bits per heavy atom. The zero-order chi connectivity index (χ0) is 12.4. The van der Waals surface area contributed by atoms with Gasteiger partial charge in [-0.15, -0.1) is 0 Å². The summed E-state index contributed by atoms with van der Waals surface area (Å²) in [6.07, 6.45) is -3.87. The van der Waals surface area contributed by atoms with Crippen LogP contribution in [0.5, 0.6) is 0 Å². The number of para-hydroxylation sites is 1. The number of thioether (sulfide) groups is 1. The van der Waals surface area contributed by atoms with Gasteiger partial charge < -0.3 is 25.7 Å². The summed E-state index contributed by atoms with van der Waals surface area (Å²) in [7, 11) is 0. The van der Waals surface area contributed by atoms with Gasteiger partial charge in [-0.05, 0) is 12.1 Å². The molecule has 1 aromatic carbocycles. The van der Waals surface area contributed by atoms with Gasteiger partial charge in [0, 0.05) is 10.6 Å². The number of benzene rings is 1. The zero-order valence-electron chi connectivity index (χ0n) is 9.02. The highest BCUT2D eigenvalue weighted by molar-refractivity contribution is 8.00. The zero-order valence-corrected chi connectivity index (χ0v) is 9.84. The average molecular weight is 257 g/mol. The van der Waals surface area contributed by atoms with Crippen LogP contribution in [-0.4, -0.2) is 50.7 Å². The molecule has 5 N–H and O–H groups in total. The van der Waals surface area contributed by atoms with Crippen molar-refractivity contribution in [2.45, 2.75) is 28.6 Å². The Morgan fingerprint density at radius 1 is 1.24 bits per heavy atom. The standard InChI is InChI=1S/C11H15NO4S/c13-5-7(14)9(15)10(16)11-12-6-3-1-2-4-8(6)17-11/h1-4,7,9-16H,5H2/t7-,9-,10-,11-/m0/s1. The van der Waals surface area contributed by atoms with E-state index in [-0.39, 0.29) is 0 Å². The number of hydrogen-bond donors (Lipinski definition) is 5. The number of aliphatic hydroxyl groups excluding tert-OH is 4. The molecule has 0 unspecified atom stereocenters. The molecule has 0 fully saturated rings. The Bertz CT molecular complexity index is 364. The Balaban J connectivity index is 2.03. The van der Waals surface area contributed by atoms with Gasteiger partial charge in [0.25, 0.3) is 0 Å². The van der Waals surface area contributed by atoms with Crippen LogP contribution < -0.4 is 5.32 Å². The van der Waals surface area contributed by atoms with Gasteiger partial charge in [0.2, 0.25) is 0 Å². The summed E-state index contributed by atoms with van der Waals surface area (Å²) < 4.78 is 0. The molecule has 1 aliphatic rings. The van der Waals surface area contributed by atoms with Gasteiger partial charge in [-0.1, -0.05) is 23.9 Å². The molecule has 1 heterocycles. The Hall–Kier alpha value is -0.790. The van der Waals surface area contributed by atoms with Crippen molar-refractivity contribution in [1.82, 2.24) is 0 Å². The van der Waals surface area contributed by atoms with E-state index in [1.165, 1.54) is 11.8 Å². The lowest BCUT2D eigenvalue weighted by molar-refractivity contribution is -0.0741. The van der Waals surface area contributed by atoms with Gasteiger partial charge in [-0.25, -0.2) is 0 Å². The van der Waals surface area contributed by atoms with Crippen LogP contribution in [0, 0.1) is 0 Å². The third-order valence-corrected chi connectivity index (χ3v) is 3.94. The third-order valence-electron chi connectivity index (χ3n) is 2.68. The van der Waals surface area contributed by atoms with E-state index in [4.69, 9.17) is 5.11 Å². The molecule has 0 saturated carbocycles. The minimum Gasteiger partial charge on any atom is -0.394 e. The van der Waals surface area contributed by atoms with Crippen molar-refractivity contribution in [2.75, 3.05) is 11.9 Å². The van der Waals surface area contributed by atoms with Crippen molar-refractivity contribution < 1.29 is 20.4 Å². The molecule has 94 valence electrons. The van der Waals surface area contributed by atoms with Crippen LogP contribution >= 0.6 is 11.8 Å². The van der Waals surface area contributed by atoms with Crippen molar-refractivity contribution >= 4 is 17.4 Å². The molecule has 0 aromatic heterocycles. The molecule has 1 aromatic rings. The summed E-state index contributed by atoms with van der Waals surface area (Å²) in [4.78, 5) is 0.988. The van der Waals surface area contributed by atoms with Crippen LogP contribution in [0.25, 0.3) is 0 Å². The quantitative estimate of drug-likeness (QED) is 0.504. The van der Waals surface area contributed by atoms with E-state index in [0.717, 1.165) is 10.6 Å². The third kappa shape index (κ3) is 2.56. The molecule has 6 heteroatoms. The fourth-order valence-electron chi connectivity index (χ4n) is 1.68.